The standard InChI is InChI=1S/C13H19NO4S/c1-3-4-5-10-14-13(15)11-6-8-12(9-7-11)18-19(2,16)17/h6-9H,3-5,10H2,1-2H3,(H,14,15). The van der Waals surface area contributed by atoms with Gasteiger partial charge in [0.1, 0.15) is 5.75 Å². The van der Waals surface area contributed by atoms with Crippen LogP contribution in [0, 0.1) is 0 Å². The van der Waals surface area contributed by atoms with Crippen LogP contribution in [0.2, 0.25) is 0 Å². The van der Waals surface area contributed by atoms with E-state index < -0.39 is 10.1 Å². The molecule has 0 saturated heterocycles. The second-order valence-corrected chi connectivity index (χ2v) is 5.85. The molecule has 1 aromatic carbocycles. The maximum absolute atomic E-state index is 11.7. The van der Waals surface area contributed by atoms with Gasteiger partial charge in [-0.2, -0.15) is 8.42 Å². The Morgan fingerprint density at radius 3 is 2.37 bits per heavy atom. The number of benzene rings is 1. The van der Waals surface area contributed by atoms with E-state index in [-0.39, 0.29) is 11.7 Å². The first-order valence-electron chi connectivity index (χ1n) is 6.20. The van der Waals surface area contributed by atoms with Gasteiger partial charge in [-0.05, 0) is 30.7 Å². The van der Waals surface area contributed by atoms with Crippen molar-refractivity contribution in [1.82, 2.24) is 5.32 Å². The minimum absolute atomic E-state index is 0.165. The molecule has 1 N–H and O–H groups in total. The van der Waals surface area contributed by atoms with Crippen molar-refractivity contribution in [3.8, 4) is 5.75 Å². The van der Waals surface area contributed by atoms with Crippen LogP contribution in [-0.2, 0) is 10.1 Å². The molecule has 0 unspecified atom stereocenters. The van der Waals surface area contributed by atoms with Crippen molar-refractivity contribution in [2.75, 3.05) is 12.8 Å². The highest BCUT2D eigenvalue weighted by atomic mass is 32.2. The lowest BCUT2D eigenvalue weighted by Crippen LogP contribution is -2.24. The fraction of sp³-hybridized carbons (Fsp3) is 0.462. The van der Waals surface area contributed by atoms with Crippen LogP contribution in [-0.4, -0.2) is 27.1 Å². The SMILES string of the molecule is CCCCCNC(=O)c1ccc(OS(C)(=O)=O)cc1. The molecule has 0 saturated carbocycles. The molecule has 0 aliphatic rings. The van der Waals surface area contributed by atoms with Crippen LogP contribution in [0.4, 0.5) is 0 Å². The molecular weight excluding hydrogens is 266 g/mol. The van der Waals surface area contributed by atoms with Gasteiger partial charge >= 0.3 is 10.1 Å². The first-order chi connectivity index (χ1) is 8.92. The van der Waals surface area contributed by atoms with Crippen LogP contribution < -0.4 is 9.50 Å². The van der Waals surface area contributed by atoms with Gasteiger partial charge in [-0.25, -0.2) is 0 Å². The van der Waals surface area contributed by atoms with Gasteiger partial charge in [-0.3, -0.25) is 4.79 Å². The topological polar surface area (TPSA) is 72.5 Å². The average Bonchev–Trinajstić information content (AvgIpc) is 2.33. The summed E-state index contributed by atoms with van der Waals surface area (Å²) < 4.78 is 26.5. The van der Waals surface area contributed by atoms with Crippen molar-refractivity contribution in [3.63, 3.8) is 0 Å². The summed E-state index contributed by atoms with van der Waals surface area (Å²) >= 11 is 0. The summed E-state index contributed by atoms with van der Waals surface area (Å²) in [5, 5.41) is 2.80. The Balaban J connectivity index is 2.53. The number of carbonyl (C=O) groups excluding carboxylic acids is 1. The second kappa shape index (κ2) is 7.13. The number of hydrogen-bond donors (Lipinski definition) is 1. The fourth-order valence-electron chi connectivity index (χ4n) is 1.52. The third kappa shape index (κ3) is 6.24. The van der Waals surface area contributed by atoms with Gasteiger partial charge in [0.25, 0.3) is 5.91 Å². The number of amides is 1. The summed E-state index contributed by atoms with van der Waals surface area (Å²) in [7, 11) is -3.53. The average molecular weight is 285 g/mol. The van der Waals surface area contributed by atoms with Gasteiger partial charge < -0.3 is 9.50 Å². The van der Waals surface area contributed by atoms with E-state index in [2.05, 4.69) is 12.2 Å². The van der Waals surface area contributed by atoms with Crippen molar-refractivity contribution in [3.05, 3.63) is 29.8 Å². The molecule has 0 aromatic heterocycles. The van der Waals surface area contributed by atoms with Crippen molar-refractivity contribution in [2.24, 2.45) is 0 Å². The lowest BCUT2D eigenvalue weighted by molar-refractivity contribution is 0.0953. The van der Waals surface area contributed by atoms with Crippen LogP contribution in [0.15, 0.2) is 24.3 Å². The van der Waals surface area contributed by atoms with E-state index in [0.29, 0.717) is 12.1 Å². The second-order valence-electron chi connectivity index (χ2n) is 4.27. The molecule has 0 spiro atoms. The highest BCUT2D eigenvalue weighted by molar-refractivity contribution is 7.86. The monoisotopic (exact) mass is 285 g/mol. The number of unbranched alkanes of at least 4 members (excludes halogenated alkanes) is 2. The Kier molecular flexibility index (Phi) is 5.82. The molecule has 0 aliphatic carbocycles. The minimum atomic E-state index is -3.53. The quantitative estimate of drug-likeness (QED) is 0.614. The molecule has 0 atom stereocenters. The van der Waals surface area contributed by atoms with Gasteiger partial charge in [0.05, 0.1) is 6.26 Å². The zero-order chi connectivity index (χ0) is 14.3. The van der Waals surface area contributed by atoms with Crippen LogP contribution >= 0.6 is 0 Å². The molecule has 1 amide bonds. The summed E-state index contributed by atoms with van der Waals surface area (Å²) in [6, 6.07) is 6.00. The molecular formula is C13H19NO4S. The van der Waals surface area contributed by atoms with Crippen LogP contribution in [0.25, 0.3) is 0 Å². The summed E-state index contributed by atoms with van der Waals surface area (Å²) in [6.45, 7) is 2.75. The molecule has 1 rings (SSSR count). The summed E-state index contributed by atoms with van der Waals surface area (Å²) in [6.07, 6.45) is 4.12. The van der Waals surface area contributed by atoms with E-state index in [1.807, 2.05) is 0 Å². The highest BCUT2D eigenvalue weighted by Gasteiger charge is 2.07. The number of hydrogen-bond acceptors (Lipinski definition) is 4. The Morgan fingerprint density at radius 1 is 1.21 bits per heavy atom. The first kappa shape index (κ1) is 15.5. The number of rotatable bonds is 7. The lowest BCUT2D eigenvalue weighted by atomic mass is 10.2. The fourth-order valence-corrected chi connectivity index (χ4v) is 1.98. The summed E-state index contributed by atoms with van der Waals surface area (Å²) in [5.74, 6) is 0.0343. The van der Waals surface area contributed by atoms with E-state index in [1.165, 1.54) is 24.3 Å². The van der Waals surface area contributed by atoms with Gasteiger partial charge in [-0.1, -0.05) is 19.8 Å². The molecule has 0 radical (unpaired) electrons. The van der Waals surface area contributed by atoms with Crippen molar-refractivity contribution in [1.29, 1.82) is 0 Å². The number of nitrogens with one attached hydrogen (secondary N) is 1. The largest absolute Gasteiger partial charge is 0.383 e. The predicted molar refractivity (Wildman–Crippen MR) is 73.8 cm³/mol. The highest BCUT2D eigenvalue weighted by Crippen LogP contribution is 2.13. The van der Waals surface area contributed by atoms with Crippen molar-refractivity contribution < 1.29 is 17.4 Å². The van der Waals surface area contributed by atoms with E-state index in [9.17, 15) is 13.2 Å². The first-order valence-corrected chi connectivity index (χ1v) is 8.02. The third-order valence-electron chi connectivity index (χ3n) is 2.43. The summed E-state index contributed by atoms with van der Waals surface area (Å²) in [5.41, 5.74) is 0.484. The normalized spacial score (nSPS) is 11.1. The van der Waals surface area contributed by atoms with Crippen molar-refractivity contribution >= 4 is 16.0 Å². The van der Waals surface area contributed by atoms with E-state index in [0.717, 1.165) is 25.5 Å². The Labute approximate surface area is 114 Å². The molecule has 19 heavy (non-hydrogen) atoms. The zero-order valence-corrected chi connectivity index (χ0v) is 12.0. The van der Waals surface area contributed by atoms with Crippen LogP contribution in [0.3, 0.4) is 0 Å². The molecule has 106 valence electrons. The van der Waals surface area contributed by atoms with Gasteiger partial charge in [0.15, 0.2) is 0 Å². The van der Waals surface area contributed by atoms with E-state index >= 15 is 0 Å². The summed E-state index contributed by atoms with van der Waals surface area (Å²) in [4.78, 5) is 11.7. The molecule has 0 bridgehead atoms. The Morgan fingerprint density at radius 2 is 1.84 bits per heavy atom. The van der Waals surface area contributed by atoms with Crippen molar-refractivity contribution in [2.45, 2.75) is 26.2 Å². The maximum Gasteiger partial charge on any atom is 0.306 e. The Hall–Kier alpha value is -1.56. The Bertz CT molecular complexity index is 508. The molecule has 0 fully saturated rings. The van der Waals surface area contributed by atoms with Gasteiger partial charge in [-0.15, -0.1) is 0 Å². The lowest BCUT2D eigenvalue weighted by Gasteiger charge is -2.06. The molecule has 6 heteroatoms. The van der Waals surface area contributed by atoms with E-state index in [1.54, 1.807) is 0 Å². The molecule has 5 nitrogen and oxygen atoms in total. The van der Waals surface area contributed by atoms with Gasteiger partial charge in [0, 0.05) is 12.1 Å². The predicted octanol–water partition coefficient (Wildman–Crippen LogP) is 1.95. The van der Waals surface area contributed by atoms with E-state index in [4.69, 9.17) is 4.18 Å². The molecule has 0 heterocycles. The third-order valence-corrected chi connectivity index (χ3v) is 2.93. The maximum atomic E-state index is 11.7. The molecule has 1 aromatic rings. The minimum Gasteiger partial charge on any atom is -0.383 e. The van der Waals surface area contributed by atoms with Gasteiger partial charge in [0.2, 0.25) is 0 Å². The smallest absolute Gasteiger partial charge is 0.306 e. The molecule has 0 aliphatic heterocycles. The van der Waals surface area contributed by atoms with Crippen LogP contribution in [0.5, 0.6) is 5.75 Å². The number of carbonyl (C=O) groups is 1. The van der Waals surface area contributed by atoms with Crippen LogP contribution in [0.1, 0.15) is 36.5 Å². The zero-order valence-electron chi connectivity index (χ0n) is 11.2.